The lowest BCUT2D eigenvalue weighted by Gasteiger charge is -2.18. The van der Waals surface area contributed by atoms with Gasteiger partial charge in [-0.3, -0.25) is 0 Å². The Hall–Kier alpha value is -1.38. The third-order valence-electron chi connectivity index (χ3n) is 2.30. The minimum absolute atomic E-state index is 0.161. The van der Waals surface area contributed by atoms with Gasteiger partial charge < -0.3 is 0 Å². The molecule has 0 N–H and O–H groups in total. The predicted molar refractivity (Wildman–Crippen MR) is 56.4 cm³/mol. The molecular formula is C11H15N3. The minimum Gasteiger partial charge on any atom is -0.221 e. The van der Waals surface area contributed by atoms with Crippen molar-refractivity contribution in [3.05, 3.63) is 29.7 Å². The number of aryl methyl sites for hydroxylation is 1. The van der Waals surface area contributed by atoms with Crippen LogP contribution in [0.3, 0.4) is 0 Å². The maximum atomic E-state index is 4.29. The summed E-state index contributed by atoms with van der Waals surface area (Å²) in [6.45, 7) is 8.48. The zero-order valence-electron chi connectivity index (χ0n) is 9.07. The van der Waals surface area contributed by atoms with Gasteiger partial charge in [0.2, 0.25) is 0 Å². The Morgan fingerprint density at radius 3 is 2.57 bits per heavy atom. The zero-order chi connectivity index (χ0) is 10.3. The first-order chi connectivity index (χ1) is 6.47. The molecule has 0 aromatic carbocycles. The fraction of sp³-hybridized carbons (Fsp3) is 0.455. The fourth-order valence-electron chi connectivity index (χ4n) is 1.44. The van der Waals surface area contributed by atoms with E-state index in [0.29, 0.717) is 0 Å². The van der Waals surface area contributed by atoms with Gasteiger partial charge in [-0.05, 0) is 24.0 Å². The van der Waals surface area contributed by atoms with Gasteiger partial charge in [-0.25, -0.2) is 9.50 Å². The largest absolute Gasteiger partial charge is 0.221 e. The summed E-state index contributed by atoms with van der Waals surface area (Å²) in [5.74, 6) is 0.816. The molecule has 0 amide bonds. The van der Waals surface area contributed by atoms with E-state index >= 15 is 0 Å². The van der Waals surface area contributed by atoms with E-state index in [-0.39, 0.29) is 5.41 Å². The van der Waals surface area contributed by atoms with Crippen LogP contribution in [-0.4, -0.2) is 14.6 Å². The van der Waals surface area contributed by atoms with Crippen LogP contribution in [-0.2, 0) is 5.41 Å². The summed E-state index contributed by atoms with van der Waals surface area (Å²) in [4.78, 5) is 4.29. The van der Waals surface area contributed by atoms with E-state index in [1.165, 1.54) is 5.56 Å². The smallest absolute Gasteiger partial charge is 0.155 e. The Kier molecular flexibility index (Phi) is 1.84. The van der Waals surface area contributed by atoms with Gasteiger partial charge in [0, 0.05) is 6.20 Å². The fourth-order valence-corrected chi connectivity index (χ4v) is 1.44. The minimum atomic E-state index is 0.161. The molecule has 0 saturated heterocycles. The number of aromatic nitrogens is 3. The Morgan fingerprint density at radius 2 is 1.93 bits per heavy atom. The molecule has 3 heteroatoms. The molecule has 74 valence electrons. The normalized spacial score (nSPS) is 12.3. The monoisotopic (exact) mass is 189 g/mol. The van der Waals surface area contributed by atoms with Crippen LogP contribution >= 0.6 is 0 Å². The van der Waals surface area contributed by atoms with Crippen LogP contribution in [0.2, 0.25) is 0 Å². The van der Waals surface area contributed by atoms with E-state index < -0.39 is 0 Å². The van der Waals surface area contributed by atoms with Crippen molar-refractivity contribution >= 4 is 5.65 Å². The Morgan fingerprint density at radius 1 is 1.21 bits per heavy atom. The molecule has 0 radical (unpaired) electrons. The summed E-state index contributed by atoms with van der Waals surface area (Å²) < 4.78 is 1.84. The Labute approximate surface area is 83.8 Å². The maximum absolute atomic E-state index is 4.29. The van der Waals surface area contributed by atoms with Crippen LogP contribution in [0.5, 0.6) is 0 Å². The Balaban J connectivity index is 2.62. The number of rotatable bonds is 0. The van der Waals surface area contributed by atoms with Gasteiger partial charge in [-0.2, -0.15) is 5.10 Å². The molecule has 0 saturated carbocycles. The van der Waals surface area contributed by atoms with Crippen molar-refractivity contribution in [2.75, 3.05) is 0 Å². The van der Waals surface area contributed by atoms with E-state index in [2.05, 4.69) is 43.1 Å². The number of hydrogen-bond acceptors (Lipinski definition) is 2. The van der Waals surface area contributed by atoms with E-state index in [9.17, 15) is 0 Å². The summed E-state index contributed by atoms with van der Waals surface area (Å²) in [5, 5.41) is 4.29. The van der Waals surface area contributed by atoms with Crippen molar-refractivity contribution in [3.63, 3.8) is 0 Å². The number of fused-ring (bicyclic) bond motifs is 1. The van der Waals surface area contributed by atoms with Gasteiger partial charge in [0.25, 0.3) is 0 Å². The molecule has 0 spiro atoms. The average Bonchev–Trinajstić information content (AvgIpc) is 2.41. The summed E-state index contributed by atoms with van der Waals surface area (Å²) in [6, 6.07) is 4.13. The molecule has 0 atom stereocenters. The topological polar surface area (TPSA) is 30.2 Å². The quantitative estimate of drug-likeness (QED) is 0.636. The molecule has 0 aliphatic carbocycles. The van der Waals surface area contributed by atoms with Gasteiger partial charge >= 0.3 is 0 Å². The SMILES string of the molecule is Cc1nc2ccc(C(C)(C)C)cn2n1. The molecule has 0 aliphatic rings. The Bertz CT molecular complexity index is 463. The molecule has 3 nitrogen and oxygen atoms in total. The van der Waals surface area contributed by atoms with Crippen LogP contribution in [0.1, 0.15) is 32.2 Å². The standard InChI is InChI=1S/C11H15N3/c1-8-12-10-6-5-9(11(2,3)4)7-14(10)13-8/h5-7H,1-4H3. The van der Waals surface area contributed by atoms with Gasteiger partial charge in [0.15, 0.2) is 5.65 Å². The second kappa shape index (κ2) is 2.80. The lowest BCUT2D eigenvalue weighted by atomic mass is 9.88. The highest BCUT2D eigenvalue weighted by Gasteiger charge is 2.14. The first-order valence-corrected chi connectivity index (χ1v) is 4.80. The first kappa shape index (κ1) is 9.19. The van der Waals surface area contributed by atoms with E-state index in [4.69, 9.17) is 0 Å². The highest BCUT2D eigenvalue weighted by atomic mass is 15.3. The maximum Gasteiger partial charge on any atom is 0.155 e. The van der Waals surface area contributed by atoms with Crippen molar-refractivity contribution in [2.45, 2.75) is 33.1 Å². The molecular weight excluding hydrogens is 174 g/mol. The average molecular weight is 189 g/mol. The molecule has 0 unspecified atom stereocenters. The van der Waals surface area contributed by atoms with Crippen molar-refractivity contribution in [3.8, 4) is 0 Å². The van der Waals surface area contributed by atoms with Gasteiger partial charge in [-0.15, -0.1) is 0 Å². The lowest BCUT2D eigenvalue weighted by molar-refractivity contribution is 0.584. The van der Waals surface area contributed by atoms with Gasteiger partial charge in [0.1, 0.15) is 5.82 Å². The van der Waals surface area contributed by atoms with Crippen LogP contribution in [0.25, 0.3) is 5.65 Å². The number of pyridine rings is 1. The predicted octanol–water partition coefficient (Wildman–Crippen LogP) is 2.34. The van der Waals surface area contributed by atoms with Crippen LogP contribution in [0, 0.1) is 6.92 Å². The van der Waals surface area contributed by atoms with Crippen LogP contribution in [0.15, 0.2) is 18.3 Å². The molecule has 0 bridgehead atoms. The van der Waals surface area contributed by atoms with Gasteiger partial charge in [-0.1, -0.05) is 26.8 Å². The van der Waals surface area contributed by atoms with Crippen LogP contribution in [0.4, 0.5) is 0 Å². The van der Waals surface area contributed by atoms with Crippen molar-refractivity contribution in [2.24, 2.45) is 0 Å². The molecule has 0 aliphatic heterocycles. The third kappa shape index (κ3) is 1.50. The van der Waals surface area contributed by atoms with Crippen LogP contribution < -0.4 is 0 Å². The summed E-state index contributed by atoms with van der Waals surface area (Å²) in [5.41, 5.74) is 2.35. The van der Waals surface area contributed by atoms with Gasteiger partial charge in [0.05, 0.1) is 0 Å². The first-order valence-electron chi connectivity index (χ1n) is 4.80. The highest BCUT2D eigenvalue weighted by Crippen LogP contribution is 2.21. The van der Waals surface area contributed by atoms with E-state index in [0.717, 1.165) is 11.5 Å². The number of nitrogens with zero attached hydrogens (tertiary/aromatic N) is 3. The second-order valence-electron chi connectivity index (χ2n) is 4.63. The van der Waals surface area contributed by atoms with E-state index in [1.807, 2.05) is 17.5 Å². The second-order valence-corrected chi connectivity index (χ2v) is 4.63. The van der Waals surface area contributed by atoms with Crippen molar-refractivity contribution in [1.29, 1.82) is 0 Å². The molecule has 2 aromatic heterocycles. The number of hydrogen-bond donors (Lipinski definition) is 0. The highest BCUT2D eigenvalue weighted by molar-refractivity contribution is 5.39. The zero-order valence-corrected chi connectivity index (χ0v) is 9.07. The molecule has 2 heterocycles. The van der Waals surface area contributed by atoms with E-state index in [1.54, 1.807) is 0 Å². The molecule has 2 rings (SSSR count). The molecule has 14 heavy (non-hydrogen) atoms. The third-order valence-corrected chi connectivity index (χ3v) is 2.30. The molecule has 0 fully saturated rings. The summed E-state index contributed by atoms with van der Waals surface area (Å²) >= 11 is 0. The van der Waals surface area contributed by atoms with Crippen molar-refractivity contribution in [1.82, 2.24) is 14.6 Å². The van der Waals surface area contributed by atoms with Crippen molar-refractivity contribution < 1.29 is 0 Å². The summed E-state index contributed by atoms with van der Waals surface area (Å²) in [7, 11) is 0. The lowest BCUT2D eigenvalue weighted by Crippen LogP contribution is -2.12. The molecule has 2 aromatic rings. The summed E-state index contributed by atoms with van der Waals surface area (Å²) in [6.07, 6.45) is 2.05.